The van der Waals surface area contributed by atoms with Gasteiger partial charge in [0.1, 0.15) is 11.6 Å². The lowest BCUT2D eigenvalue weighted by atomic mass is 10.4. The number of halogens is 1. The Kier molecular flexibility index (Phi) is 1.99. The molecule has 1 rings (SSSR count). The highest BCUT2D eigenvalue weighted by Crippen LogP contribution is 2.08. The lowest BCUT2D eigenvalue weighted by molar-refractivity contribution is 0.474. The van der Waals surface area contributed by atoms with E-state index in [9.17, 15) is 4.39 Å². The summed E-state index contributed by atoms with van der Waals surface area (Å²) >= 11 is 0. The second kappa shape index (κ2) is 2.96. The largest absolute Gasteiger partial charge is 0.464 e. The zero-order chi connectivity index (χ0) is 7.40. The first-order chi connectivity index (χ1) is 4.83. The molecule has 0 aliphatic carbocycles. The molecule has 0 amide bonds. The first-order valence-electron chi connectivity index (χ1n) is 2.71. The monoisotopic (exact) mass is 139 g/mol. The van der Waals surface area contributed by atoms with Gasteiger partial charge in [0.05, 0.1) is 18.7 Å². The molecule has 0 N–H and O–H groups in total. The van der Waals surface area contributed by atoms with Gasteiger partial charge < -0.3 is 4.74 Å². The van der Waals surface area contributed by atoms with Crippen molar-refractivity contribution < 1.29 is 9.13 Å². The van der Waals surface area contributed by atoms with E-state index < -0.39 is 5.82 Å². The van der Waals surface area contributed by atoms with E-state index in [4.69, 9.17) is 4.74 Å². The molecule has 0 aliphatic heterocycles. The predicted octanol–water partition coefficient (Wildman–Crippen LogP) is 1.74. The van der Waals surface area contributed by atoms with Gasteiger partial charge in [0.15, 0.2) is 0 Å². The average Bonchev–Trinajstić information content (AvgIpc) is 1.88. The summed E-state index contributed by atoms with van der Waals surface area (Å²) in [5, 5.41) is 0. The molecule has 1 aromatic rings. The average molecular weight is 139 g/mol. The molecule has 1 aromatic heterocycles. The van der Waals surface area contributed by atoms with Crippen molar-refractivity contribution >= 4 is 0 Å². The number of ether oxygens (including phenoxy) is 1. The van der Waals surface area contributed by atoms with Crippen LogP contribution in [0.25, 0.3) is 0 Å². The van der Waals surface area contributed by atoms with Crippen molar-refractivity contribution in [2.24, 2.45) is 0 Å². The fourth-order valence-corrected chi connectivity index (χ4v) is 0.553. The zero-order valence-corrected chi connectivity index (χ0v) is 5.25. The zero-order valence-electron chi connectivity index (χ0n) is 5.25. The van der Waals surface area contributed by atoms with Gasteiger partial charge in [-0.25, -0.2) is 4.39 Å². The van der Waals surface area contributed by atoms with Gasteiger partial charge >= 0.3 is 0 Å². The van der Waals surface area contributed by atoms with Crippen LogP contribution in [0.2, 0.25) is 0 Å². The van der Waals surface area contributed by atoms with Gasteiger partial charge in [-0.3, -0.25) is 4.98 Å². The Hall–Kier alpha value is -1.38. The van der Waals surface area contributed by atoms with Crippen molar-refractivity contribution in [2.45, 2.75) is 0 Å². The summed E-state index contributed by atoms with van der Waals surface area (Å²) in [6.45, 7) is 3.31. The molecule has 0 atom stereocenters. The molecule has 0 saturated carbocycles. The van der Waals surface area contributed by atoms with Crippen molar-refractivity contribution in [3.63, 3.8) is 0 Å². The third-order valence-electron chi connectivity index (χ3n) is 0.899. The molecular formula is C7H6FNO. The number of hydrogen-bond donors (Lipinski definition) is 0. The highest BCUT2D eigenvalue weighted by atomic mass is 19.1. The van der Waals surface area contributed by atoms with E-state index in [1.165, 1.54) is 18.5 Å². The van der Waals surface area contributed by atoms with Crippen molar-refractivity contribution in [3.05, 3.63) is 37.1 Å². The first kappa shape index (κ1) is 6.74. The molecule has 1 heterocycles. The maximum absolute atomic E-state index is 12.3. The van der Waals surface area contributed by atoms with E-state index in [1.807, 2.05) is 0 Å². The predicted molar refractivity (Wildman–Crippen MR) is 35.0 cm³/mol. The lowest BCUT2D eigenvalue weighted by Gasteiger charge is -1.96. The molecule has 0 unspecified atom stereocenters. The quantitative estimate of drug-likeness (QED) is 0.582. The summed E-state index contributed by atoms with van der Waals surface area (Å²) in [4.78, 5) is 3.56. The minimum atomic E-state index is -0.417. The van der Waals surface area contributed by atoms with Gasteiger partial charge in [-0.1, -0.05) is 6.58 Å². The summed E-state index contributed by atoms with van der Waals surface area (Å²) in [6, 6.07) is 1.23. The van der Waals surface area contributed by atoms with E-state index in [-0.39, 0.29) is 0 Å². The van der Waals surface area contributed by atoms with Crippen LogP contribution in [0.4, 0.5) is 4.39 Å². The molecule has 2 nitrogen and oxygen atoms in total. The maximum Gasteiger partial charge on any atom is 0.147 e. The summed E-state index contributed by atoms with van der Waals surface area (Å²) < 4.78 is 17.1. The smallest absolute Gasteiger partial charge is 0.147 e. The first-order valence-corrected chi connectivity index (χ1v) is 2.71. The minimum Gasteiger partial charge on any atom is -0.464 e. The minimum absolute atomic E-state index is 0.356. The number of hydrogen-bond acceptors (Lipinski definition) is 2. The molecule has 0 aliphatic rings. The fourth-order valence-electron chi connectivity index (χ4n) is 0.553. The summed E-state index contributed by atoms with van der Waals surface area (Å²) in [7, 11) is 0. The van der Waals surface area contributed by atoms with Gasteiger partial charge in [-0.2, -0.15) is 0 Å². The Morgan fingerprint density at radius 3 is 3.00 bits per heavy atom. The topological polar surface area (TPSA) is 22.1 Å². The summed E-state index contributed by atoms with van der Waals surface area (Å²) in [5.41, 5.74) is 0. The molecule has 0 fully saturated rings. The number of rotatable bonds is 2. The van der Waals surface area contributed by atoms with Crippen molar-refractivity contribution in [3.8, 4) is 5.75 Å². The van der Waals surface area contributed by atoms with Crippen molar-refractivity contribution in [1.82, 2.24) is 4.98 Å². The molecule has 0 bridgehead atoms. The molecule has 10 heavy (non-hydrogen) atoms. The van der Waals surface area contributed by atoms with E-state index in [1.54, 1.807) is 0 Å². The molecule has 0 aromatic carbocycles. The van der Waals surface area contributed by atoms with E-state index >= 15 is 0 Å². The maximum atomic E-state index is 12.3. The normalized spacial score (nSPS) is 8.90. The van der Waals surface area contributed by atoms with Crippen LogP contribution in [0.15, 0.2) is 31.3 Å². The molecule has 0 saturated heterocycles. The summed E-state index contributed by atoms with van der Waals surface area (Å²) in [5.74, 6) is -0.0608. The summed E-state index contributed by atoms with van der Waals surface area (Å²) in [6.07, 6.45) is 3.73. The van der Waals surface area contributed by atoms with E-state index in [0.717, 1.165) is 6.20 Å². The van der Waals surface area contributed by atoms with Gasteiger partial charge in [0.25, 0.3) is 0 Å². The Balaban J connectivity index is 2.84. The van der Waals surface area contributed by atoms with Crippen LogP contribution in [-0.4, -0.2) is 4.98 Å². The molecule has 0 radical (unpaired) electrons. The van der Waals surface area contributed by atoms with Crippen molar-refractivity contribution in [1.29, 1.82) is 0 Å². The highest BCUT2D eigenvalue weighted by molar-refractivity contribution is 5.17. The standard InChI is InChI=1S/C7H6FNO/c1-2-10-7-3-6(8)4-9-5-7/h2-5H,1H2. The van der Waals surface area contributed by atoms with Gasteiger partial charge in [-0.15, -0.1) is 0 Å². The van der Waals surface area contributed by atoms with Crippen LogP contribution < -0.4 is 4.74 Å². The third kappa shape index (κ3) is 1.55. The Morgan fingerprint density at radius 1 is 1.60 bits per heavy atom. The second-order valence-electron chi connectivity index (χ2n) is 1.62. The third-order valence-corrected chi connectivity index (χ3v) is 0.899. The van der Waals surface area contributed by atoms with Crippen LogP contribution >= 0.6 is 0 Å². The van der Waals surface area contributed by atoms with Crippen LogP contribution in [0, 0.1) is 5.82 Å². The van der Waals surface area contributed by atoms with Crippen LogP contribution in [0.3, 0.4) is 0 Å². The lowest BCUT2D eigenvalue weighted by Crippen LogP contribution is -1.83. The van der Waals surface area contributed by atoms with Crippen LogP contribution in [0.1, 0.15) is 0 Å². The highest BCUT2D eigenvalue weighted by Gasteiger charge is 1.92. The molecular weight excluding hydrogens is 133 g/mol. The van der Waals surface area contributed by atoms with Gasteiger partial charge in [0, 0.05) is 6.07 Å². The fraction of sp³-hybridized carbons (Fsp3) is 0. The van der Waals surface area contributed by atoms with Crippen molar-refractivity contribution in [2.75, 3.05) is 0 Å². The van der Waals surface area contributed by atoms with E-state index in [0.29, 0.717) is 5.75 Å². The molecule has 0 spiro atoms. The Morgan fingerprint density at radius 2 is 2.40 bits per heavy atom. The van der Waals surface area contributed by atoms with E-state index in [2.05, 4.69) is 11.6 Å². The number of aromatic nitrogens is 1. The Bertz CT molecular complexity index is 237. The van der Waals surface area contributed by atoms with Crippen LogP contribution in [0.5, 0.6) is 5.75 Å². The van der Waals surface area contributed by atoms with Gasteiger partial charge in [0.2, 0.25) is 0 Å². The SMILES string of the molecule is C=COc1cncc(F)c1. The van der Waals surface area contributed by atoms with Crippen LogP contribution in [-0.2, 0) is 0 Å². The Labute approximate surface area is 58.0 Å². The number of pyridine rings is 1. The number of nitrogens with zero attached hydrogens (tertiary/aromatic N) is 1. The second-order valence-corrected chi connectivity index (χ2v) is 1.62. The molecule has 3 heteroatoms. The van der Waals surface area contributed by atoms with Gasteiger partial charge in [-0.05, 0) is 0 Å². The molecule has 52 valence electrons.